The molecule has 2 aromatic rings. The molecule has 1 aliphatic carbocycles. The summed E-state index contributed by atoms with van der Waals surface area (Å²) < 4.78 is 13.7. The van der Waals surface area contributed by atoms with Crippen molar-refractivity contribution in [1.29, 1.82) is 5.41 Å². The van der Waals surface area contributed by atoms with Crippen molar-refractivity contribution in [2.75, 3.05) is 20.2 Å². The third-order valence-corrected chi connectivity index (χ3v) is 6.37. The Labute approximate surface area is 173 Å². The second kappa shape index (κ2) is 6.53. The van der Waals surface area contributed by atoms with E-state index in [1.54, 1.807) is 18.5 Å². The molecule has 0 radical (unpaired) electrons. The van der Waals surface area contributed by atoms with Gasteiger partial charge in [0.15, 0.2) is 0 Å². The van der Waals surface area contributed by atoms with E-state index < -0.39 is 0 Å². The van der Waals surface area contributed by atoms with E-state index in [-0.39, 0.29) is 22.6 Å². The third-order valence-electron chi connectivity index (χ3n) is 6.37. The Morgan fingerprint density at radius 1 is 1.33 bits per heavy atom. The van der Waals surface area contributed by atoms with Gasteiger partial charge in [-0.05, 0) is 44.0 Å². The van der Waals surface area contributed by atoms with Gasteiger partial charge < -0.3 is 15.7 Å². The fourth-order valence-electron chi connectivity index (χ4n) is 4.03. The van der Waals surface area contributed by atoms with E-state index in [1.165, 1.54) is 12.1 Å². The maximum absolute atomic E-state index is 13.7. The van der Waals surface area contributed by atoms with E-state index in [0.29, 0.717) is 17.8 Å². The smallest absolute Gasteiger partial charge is 0.257 e. The molecule has 2 aliphatic heterocycles. The average Bonchev–Trinajstić information content (AvgIpc) is 3.45. The zero-order valence-electron chi connectivity index (χ0n) is 17.0. The molecule has 8 heteroatoms. The van der Waals surface area contributed by atoms with Crippen molar-refractivity contribution in [3.8, 4) is 0 Å². The molecule has 1 fully saturated rings. The number of benzene rings is 1. The predicted molar refractivity (Wildman–Crippen MR) is 114 cm³/mol. The van der Waals surface area contributed by atoms with E-state index in [4.69, 9.17) is 5.41 Å². The van der Waals surface area contributed by atoms with Gasteiger partial charge in [-0.25, -0.2) is 9.80 Å². The highest BCUT2D eigenvalue weighted by Gasteiger charge is 2.47. The summed E-state index contributed by atoms with van der Waals surface area (Å²) in [4.78, 5) is 4.47. The van der Waals surface area contributed by atoms with Gasteiger partial charge in [0.2, 0.25) is 5.82 Å². The lowest BCUT2D eigenvalue weighted by atomic mass is 10.0. The first-order valence-corrected chi connectivity index (χ1v) is 10.0. The first kappa shape index (κ1) is 19.0. The summed E-state index contributed by atoms with van der Waals surface area (Å²) in [7, 11) is 1.87. The molecule has 1 unspecified atom stereocenters. The topological polar surface area (TPSA) is 93.4 Å². The molecule has 3 aliphatic rings. The Morgan fingerprint density at radius 2 is 2.13 bits per heavy atom. The summed E-state index contributed by atoms with van der Waals surface area (Å²) in [6.07, 6.45) is 5.41. The number of hydrogen-bond donors (Lipinski definition) is 4. The molecule has 0 saturated heterocycles. The Hall–Kier alpha value is -2.94. The van der Waals surface area contributed by atoms with Crippen LogP contribution in [0.25, 0.3) is 16.5 Å². The summed E-state index contributed by atoms with van der Waals surface area (Å²) in [5.41, 5.74) is 3.90. The normalized spacial score (nSPS) is 24.5. The van der Waals surface area contributed by atoms with Crippen LogP contribution >= 0.6 is 0 Å². The Bertz CT molecular complexity index is 1180. The van der Waals surface area contributed by atoms with E-state index in [2.05, 4.69) is 20.7 Å². The fourth-order valence-corrected chi connectivity index (χ4v) is 4.03. The van der Waals surface area contributed by atoms with Gasteiger partial charge in [-0.3, -0.25) is 4.98 Å². The van der Waals surface area contributed by atoms with Crippen LogP contribution < -0.4 is 10.6 Å². The maximum Gasteiger partial charge on any atom is 0.257 e. The number of rotatable bonds is 5. The molecule has 1 saturated carbocycles. The Morgan fingerprint density at radius 3 is 2.87 bits per heavy atom. The molecule has 0 spiro atoms. The number of nitrogens with one attached hydrogen (secondary N) is 3. The minimum atomic E-state index is -0.304. The summed E-state index contributed by atoms with van der Waals surface area (Å²) in [6, 6.07) is 6.43. The van der Waals surface area contributed by atoms with Gasteiger partial charge >= 0.3 is 0 Å². The van der Waals surface area contributed by atoms with Crippen LogP contribution in [0.5, 0.6) is 0 Å². The number of aliphatic hydroxyl groups excluding tert-OH is 1. The minimum Gasteiger partial charge on any atom is -0.394 e. The van der Waals surface area contributed by atoms with Crippen LogP contribution in [0.2, 0.25) is 0 Å². The number of quaternary nitrogens is 1. The number of aliphatic hydroxyl groups is 1. The Kier molecular flexibility index (Phi) is 4.15. The third kappa shape index (κ3) is 2.87. The van der Waals surface area contributed by atoms with Crippen LogP contribution in [0.15, 0.2) is 52.7 Å². The van der Waals surface area contributed by atoms with Crippen LogP contribution in [0.1, 0.15) is 25.3 Å². The summed E-state index contributed by atoms with van der Waals surface area (Å²) in [6.45, 7) is 2.56. The molecule has 1 aromatic heterocycles. The molecule has 30 heavy (non-hydrogen) atoms. The van der Waals surface area contributed by atoms with Crippen LogP contribution in [-0.4, -0.2) is 52.5 Å². The lowest BCUT2D eigenvalue weighted by Gasteiger charge is -2.33. The van der Waals surface area contributed by atoms with Gasteiger partial charge in [0.1, 0.15) is 12.9 Å². The molecule has 5 rings (SSSR count). The SMILES string of the molecule is CC1=C(CNC2(CO)CC2)NC2=C(c3cnc4ccc(F)cc4c3)C=N[N+]2(C)C1=N. The molecule has 3 heterocycles. The van der Waals surface area contributed by atoms with E-state index in [0.717, 1.165) is 46.6 Å². The largest absolute Gasteiger partial charge is 0.394 e. The van der Waals surface area contributed by atoms with Gasteiger partial charge in [-0.1, -0.05) is 5.10 Å². The summed E-state index contributed by atoms with van der Waals surface area (Å²) >= 11 is 0. The van der Waals surface area contributed by atoms with Crippen molar-refractivity contribution in [2.45, 2.75) is 25.3 Å². The molecule has 154 valence electrons. The van der Waals surface area contributed by atoms with Gasteiger partial charge in [-0.2, -0.15) is 0 Å². The van der Waals surface area contributed by atoms with Crippen molar-refractivity contribution in [3.05, 3.63) is 58.9 Å². The summed E-state index contributed by atoms with van der Waals surface area (Å²) in [5.74, 6) is 0.858. The van der Waals surface area contributed by atoms with Crippen LogP contribution in [0.4, 0.5) is 4.39 Å². The molecule has 1 atom stereocenters. The highest BCUT2D eigenvalue weighted by molar-refractivity contribution is 6.13. The standard InChI is InChI=1S/C22H24FN6O/c1-13-19(11-26-22(12-30)5-6-22)28-21-17(10-27-29(21,2)20(13)24)15-7-14-8-16(23)3-4-18(14)25-9-15/h3-4,7-10,24,26,28,30H,5-6,11-12H2,1-2H3/q+1. The van der Waals surface area contributed by atoms with E-state index >= 15 is 0 Å². The lowest BCUT2D eigenvalue weighted by molar-refractivity contribution is -0.788. The number of hydrogen-bond acceptors (Lipinski definition) is 6. The first-order chi connectivity index (χ1) is 14.3. The highest BCUT2D eigenvalue weighted by atomic mass is 19.1. The number of allylic oxidation sites excluding steroid dienone is 1. The van der Waals surface area contributed by atoms with Crippen molar-refractivity contribution < 1.29 is 14.1 Å². The average molecular weight is 407 g/mol. The van der Waals surface area contributed by atoms with Crippen molar-refractivity contribution >= 4 is 28.5 Å². The van der Waals surface area contributed by atoms with Gasteiger partial charge in [0.05, 0.1) is 29.5 Å². The van der Waals surface area contributed by atoms with Crippen LogP contribution in [0, 0.1) is 11.2 Å². The lowest BCUT2D eigenvalue weighted by Crippen LogP contribution is -2.52. The monoisotopic (exact) mass is 407 g/mol. The predicted octanol–water partition coefficient (Wildman–Crippen LogP) is 2.46. The molecule has 4 N–H and O–H groups in total. The number of halogens is 1. The minimum absolute atomic E-state index is 0.00298. The van der Waals surface area contributed by atoms with E-state index in [9.17, 15) is 9.50 Å². The maximum atomic E-state index is 13.7. The van der Waals surface area contributed by atoms with Crippen molar-refractivity contribution in [3.63, 3.8) is 0 Å². The number of aromatic nitrogens is 1. The molecule has 1 aromatic carbocycles. The zero-order chi connectivity index (χ0) is 21.1. The zero-order valence-corrected chi connectivity index (χ0v) is 17.0. The van der Waals surface area contributed by atoms with E-state index in [1.807, 2.05) is 20.0 Å². The second-order valence-corrected chi connectivity index (χ2v) is 8.40. The summed E-state index contributed by atoms with van der Waals surface area (Å²) in [5, 5.41) is 30.6. The van der Waals surface area contributed by atoms with Gasteiger partial charge in [-0.15, -0.1) is 4.59 Å². The Balaban J connectivity index is 1.54. The second-order valence-electron chi connectivity index (χ2n) is 8.40. The molecule has 0 bridgehead atoms. The molecular formula is C22H24FN6O+. The van der Waals surface area contributed by atoms with Crippen molar-refractivity contribution in [1.82, 2.24) is 15.6 Å². The number of pyridine rings is 1. The van der Waals surface area contributed by atoms with Gasteiger partial charge in [0, 0.05) is 34.9 Å². The first-order valence-electron chi connectivity index (χ1n) is 10.0. The molecular weight excluding hydrogens is 383 g/mol. The van der Waals surface area contributed by atoms with Crippen LogP contribution in [0.3, 0.4) is 0 Å². The number of amidine groups is 1. The fraction of sp³-hybridized carbons (Fsp3) is 0.318. The number of fused-ring (bicyclic) bond motifs is 2. The molecule has 7 nitrogen and oxygen atoms in total. The van der Waals surface area contributed by atoms with Crippen molar-refractivity contribution in [2.24, 2.45) is 5.10 Å². The van der Waals surface area contributed by atoms with Crippen LogP contribution in [-0.2, 0) is 0 Å². The van der Waals surface area contributed by atoms with Gasteiger partial charge in [0.25, 0.3) is 5.84 Å². The quantitative estimate of drug-likeness (QED) is 0.573. The number of nitrogens with zero attached hydrogens (tertiary/aromatic N) is 3. The highest BCUT2D eigenvalue weighted by Crippen LogP contribution is 2.37. The molecule has 0 amide bonds. The number of likely N-dealkylation sites (N-methyl/N-ethyl adjacent to an activating group) is 1.